The van der Waals surface area contributed by atoms with Crippen LogP contribution in [0.15, 0.2) is 46.7 Å². The Morgan fingerprint density at radius 1 is 1.25 bits per heavy atom. The lowest BCUT2D eigenvalue weighted by atomic mass is 10.4. The van der Waals surface area contributed by atoms with Gasteiger partial charge in [0.1, 0.15) is 0 Å². The Kier molecular flexibility index (Phi) is 5.46. The van der Waals surface area contributed by atoms with Crippen molar-refractivity contribution in [2.24, 2.45) is 5.14 Å². The summed E-state index contributed by atoms with van der Waals surface area (Å²) >= 11 is 0. The highest BCUT2D eigenvalue weighted by molar-refractivity contribution is 7.90. The average Bonchev–Trinajstić information content (AvgIpc) is 2.37. The molecular weight excluding hydrogens is 300 g/mol. The minimum absolute atomic E-state index is 0.0978. The third-order valence-electron chi connectivity index (χ3n) is 2.58. The first-order valence-corrected chi connectivity index (χ1v) is 8.96. The monoisotopic (exact) mass is 318 g/mol. The fourth-order valence-corrected chi connectivity index (χ4v) is 3.85. The van der Waals surface area contributed by atoms with Crippen LogP contribution in [0.5, 0.6) is 0 Å². The van der Waals surface area contributed by atoms with Gasteiger partial charge in [0.2, 0.25) is 20.0 Å². The molecule has 0 bridgehead atoms. The molecule has 2 N–H and O–H groups in total. The van der Waals surface area contributed by atoms with E-state index in [4.69, 9.17) is 5.14 Å². The molecule has 0 saturated carbocycles. The molecule has 0 heterocycles. The predicted molar refractivity (Wildman–Crippen MR) is 77.1 cm³/mol. The highest BCUT2D eigenvalue weighted by Gasteiger charge is 2.24. The molecular formula is C12H18N2O4S2. The minimum atomic E-state index is -3.94. The molecule has 0 fully saturated rings. The molecule has 20 heavy (non-hydrogen) atoms. The van der Waals surface area contributed by atoms with Gasteiger partial charge < -0.3 is 0 Å². The molecule has 1 aromatic carbocycles. The van der Waals surface area contributed by atoms with Crippen LogP contribution in [0.1, 0.15) is 13.3 Å². The average molecular weight is 318 g/mol. The molecule has 0 unspecified atom stereocenters. The molecule has 6 nitrogen and oxygen atoms in total. The van der Waals surface area contributed by atoms with E-state index in [1.807, 2.05) is 6.92 Å². The van der Waals surface area contributed by atoms with Crippen LogP contribution in [0.2, 0.25) is 0 Å². The number of rotatable bonds is 7. The van der Waals surface area contributed by atoms with Crippen molar-refractivity contribution in [1.29, 1.82) is 0 Å². The number of hydrogen-bond donors (Lipinski definition) is 1. The van der Waals surface area contributed by atoms with Crippen molar-refractivity contribution in [3.05, 3.63) is 36.9 Å². The predicted octanol–water partition coefficient (Wildman–Crippen LogP) is 0.921. The zero-order valence-corrected chi connectivity index (χ0v) is 12.8. The van der Waals surface area contributed by atoms with Gasteiger partial charge in [-0.05, 0) is 24.6 Å². The second-order valence-corrected chi connectivity index (χ2v) is 7.67. The molecule has 112 valence electrons. The molecule has 0 aliphatic rings. The van der Waals surface area contributed by atoms with Crippen LogP contribution in [0.25, 0.3) is 0 Å². The normalized spacial score (nSPS) is 12.6. The van der Waals surface area contributed by atoms with E-state index in [1.165, 1.54) is 28.6 Å². The molecule has 8 heteroatoms. The van der Waals surface area contributed by atoms with Crippen LogP contribution >= 0.6 is 0 Å². The molecule has 0 atom stereocenters. The SMILES string of the molecule is C=CCN(CCC)S(=O)(=O)c1cccc(S(N)(=O)=O)c1. The molecule has 0 amide bonds. The van der Waals surface area contributed by atoms with Crippen LogP contribution in [-0.2, 0) is 20.0 Å². The summed E-state index contributed by atoms with van der Waals surface area (Å²) in [6, 6.07) is 5.02. The van der Waals surface area contributed by atoms with Gasteiger partial charge in [-0.25, -0.2) is 22.0 Å². The van der Waals surface area contributed by atoms with Gasteiger partial charge in [-0.3, -0.25) is 0 Å². The standard InChI is InChI=1S/C12H18N2O4S2/c1-3-8-14(9-4-2)20(17,18)12-7-5-6-11(10-12)19(13,15)16/h3,5-7,10H,1,4,8-9H2,2H3,(H2,13,15,16). The quantitative estimate of drug-likeness (QED) is 0.756. The summed E-state index contributed by atoms with van der Waals surface area (Å²) in [5.74, 6) is 0. The first-order valence-electron chi connectivity index (χ1n) is 5.97. The maximum absolute atomic E-state index is 12.4. The lowest BCUT2D eigenvalue weighted by Crippen LogP contribution is -2.32. The second kappa shape index (κ2) is 6.49. The van der Waals surface area contributed by atoms with Crippen molar-refractivity contribution in [1.82, 2.24) is 4.31 Å². The summed E-state index contributed by atoms with van der Waals surface area (Å²) < 4.78 is 48.7. The number of sulfonamides is 2. The number of primary sulfonamides is 1. The van der Waals surface area contributed by atoms with Gasteiger partial charge in [-0.1, -0.05) is 19.1 Å². The zero-order chi connectivity index (χ0) is 15.4. The van der Waals surface area contributed by atoms with E-state index in [2.05, 4.69) is 6.58 Å². The van der Waals surface area contributed by atoms with E-state index in [0.29, 0.717) is 13.0 Å². The van der Waals surface area contributed by atoms with Crippen molar-refractivity contribution < 1.29 is 16.8 Å². The minimum Gasteiger partial charge on any atom is -0.225 e. The fraction of sp³-hybridized carbons (Fsp3) is 0.333. The highest BCUT2D eigenvalue weighted by atomic mass is 32.2. The van der Waals surface area contributed by atoms with E-state index in [-0.39, 0.29) is 16.3 Å². The lowest BCUT2D eigenvalue weighted by molar-refractivity contribution is 0.441. The van der Waals surface area contributed by atoms with E-state index < -0.39 is 20.0 Å². The van der Waals surface area contributed by atoms with Gasteiger partial charge >= 0.3 is 0 Å². The van der Waals surface area contributed by atoms with Crippen LogP contribution in [0, 0.1) is 0 Å². The first kappa shape index (κ1) is 16.8. The van der Waals surface area contributed by atoms with E-state index in [0.717, 1.165) is 6.07 Å². The zero-order valence-electron chi connectivity index (χ0n) is 11.2. The molecule has 0 aliphatic heterocycles. The van der Waals surface area contributed by atoms with Gasteiger partial charge in [0.25, 0.3) is 0 Å². The van der Waals surface area contributed by atoms with Crippen molar-refractivity contribution in [2.45, 2.75) is 23.1 Å². The van der Waals surface area contributed by atoms with Crippen molar-refractivity contribution in [3.63, 3.8) is 0 Å². The number of nitrogens with zero attached hydrogens (tertiary/aromatic N) is 1. The van der Waals surface area contributed by atoms with Gasteiger partial charge in [0.15, 0.2) is 0 Å². The van der Waals surface area contributed by atoms with Crippen molar-refractivity contribution in [3.8, 4) is 0 Å². The third-order valence-corrected chi connectivity index (χ3v) is 5.35. The van der Waals surface area contributed by atoms with Crippen molar-refractivity contribution in [2.75, 3.05) is 13.1 Å². The van der Waals surface area contributed by atoms with Gasteiger partial charge in [0.05, 0.1) is 9.79 Å². The maximum Gasteiger partial charge on any atom is 0.243 e. The van der Waals surface area contributed by atoms with E-state index in [9.17, 15) is 16.8 Å². The molecule has 0 aliphatic carbocycles. The second-order valence-electron chi connectivity index (χ2n) is 4.17. The maximum atomic E-state index is 12.4. The van der Waals surface area contributed by atoms with Gasteiger partial charge in [0, 0.05) is 13.1 Å². The van der Waals surface area contributed by atoms with Crippen molar-refractivity contribution >= 4 is 20.0 Å². The first-order chi connectivity index (χ1) is 9.23. The Labute approximate surface area is 120 Å². The highest BCUT2D eigenvalue weighted by Crippen LogP contribution is 2.19. The summed E-state index contributed by atoms with van der Waals surface area (Å²) in [6.45, 7) is 5.87. The third kappa shape index (κ3) is 3.89. The number of benzene rings is 1. The fourth-order valence-electron chi connectivity index (χ4n) is 1.66. The van der Waals surface area contributed by atoms with Crippen LogP contribution < -0.4 is 5.14 Å². The Balaban J connectivity index is 3.30. The summed E-state index contributed by atoms with van der Waals surface area (Å²) in [7, 11) is -7.71. The van der Waals surface area contributed by atoms with Gasteiger partial charge in [-0.15, -0.1) is 6.58 Å². The summed E-state index contributed by atoms with van der Waals surface area (Å²) in [5.41, 5.74) is 0. The Morgan fingerprint density at radius 3 is 2.35 bits per heavy atom. The van der Waals surface area contributed by atoms with Crippen LogP contribution in [-0.4, -0.2) is 34.2 Å². The molecule has 0 spiro atoms. The Bertz CT molecular complexity index is 681. The van der Waals surface area contributed by atoms with E-state index in [1.54, 1.807) is 0 Å². The Hall–Kier alpha value is -1.22. The summed E-state index contributed by atoms with van der Waals surface area (Å²) in [5, 5.41) is 5.01. The topological polar surface area (TPSA) is 97.5 Å². The molecule has 0 radical (unpaired) electrons. The number of hydrogen-bond acceptors (Lipinski definition) is 4. The number of nitrogens with two attached hydrogens (primary N) is 1. The lowest BCUT2D eigenvalue weighted by Gasteiger charge is -2.20. The summed E-state index contributed by atoms with van der Waals surface area (Å²) in [4.78, 5) is -0.326. The molecule has 1 rings (SSSR count). The molecule has 0 aromatic heterocycles. The van der Waals surface area contributed by atoms with E-state index >= 15 is 0 Å². The van der Waals surface area contributed by atoms with Crippen LogP contribution in [0.4, 0.5) is 0 Å². The largest absolute Gasteiger partial charge is 0.243 e. The Morgan fingerprint density at radius 2 is 1.85 bits per heavy atom. The smallest absolute Gasteiger partial charge is 0.225 e. The molecule has 0 saturated heterocycles. The summed E-state index contributed by atoms with van der Waals surface area (Å²) in [6.07, 6.45) is 2.12. The van der Waals surface area contributed by atoms with Gasteiger partial charge in [-0.2, -0.15) is 4.31 Å². The van der Waals surface area contributed by atoms with Crippen LogP contribution in [0.3, 0.4) is 0 Å². The molecule has 1 aromatic rings.